The number of nitrogens with zero attached hydrogens (tertiary/aromatic N) is 4. The van der Waals surface area contributed by atoms with Crippen LogP contribution in [0.1, 0.15) is 41.0 Å². The molecule has 1 saturated heterocycles. The second kappa shape index (κ2) is 8.52. The molecule has 1 fully saturated rings. The maximum absolute atomic E-state index is 12.0. The van der Waals surface area contributed by atoms with Gasteiger partial charge in [-0.05, 0) is 55.4 Å². The number of aryl methyl sites for hydroxylation is 3. The van der Waals surface area contributed by atoms with Gasteiger partial charge in [0.15, 0.2) is 5.82 Å². The van der Waals surface area contributed by atoms with Gasteiger partial charge >= 0.3 is 5.97 Å². The minimum atomic E-state index is -0.308. The van der Waals surface area contributed by atoms with E-state index in [0.29, 0.717) is 23.7 Å². The zero-order chi connectivity index (χ0) is 19.3. The van der Waals surface area contributed by atoms with E-state index in [-0.39, 0.29) is 5.97 Å². The topological polar surface area (TPSA) is 94.9 Å². The lowest BCUT2D eigenvalue weighted by atomic mass is 9.92. The summed E-state index contributed by atoms with van der Waals surface area (Å²) in [7, 11) is 1.41. The number of H-pyrrole nitrogens is 1. The molecule has 0 bridgehead atoms. The Morgan fingerprint density at radius 3 is 2.93 bits per heavy atom. The number of carbonyl (C=O) groups is 1. The molecular weight excluding hydrogens is 358 g/mol. The summed E-state index contributed by atoms with van der Waals surface area (Å²) in [6.45, 7) is 2.48. The second-order valence-electron chi connectivity index (χ2n) is 7.24. The molecule has 0 unspecified atom stereocenters. The number of esters is 1. The zero-order valence-corrected chi connectivity index (χ0v) is 16.1. The predicted molar refractivity (Wildman–Crippen MR) is 103 cm³/mol. The Kier molecular flexibility index (Phi) is 5.66. The van der Waals surface area contributed by atoms with Crippen molar-refractivity contribution in [3.05, 3.63) is 41.3 Å². The average Bonchev–Trinajstić information content (AvgIpc) is 3.38. The third kappa shape index (κ3) is 4.06. The second-order valence-corrected chi connectivity index (χ2v) is 7.24. The minimum Gasteiger partial charge on any atom is -0.465 e. The summed E-state index contributed by atoms with van der Waals surface area (Å²) in [6.07, 6.45) is 7.27. The van der Waals surface area contributed by atoms with E-state index in [9.17, 15) is 4.79 Å². The van der Waals surface area contributed by atoms with Gasteiger partial charge < -0.3 is 14.0 Å². The fourth-order valence-corrected chi connectivity index (χ4v) is 3.90. The lowest BCUT2D eigenvalue weighted by Gasteiger charge is -2.21. The van der Waals surface area contributed by atoms with Gasteiger partial charge in [-0.3, -0.25) is 0 Å². The van der Waals surface area contributed by atoms with Gasteiger partial charge in [-0.2, -0.15) is 5.21 Å². The molecule has 1 aromatic carbocycles. The van der Waals surface area contributed by atoms with Gasteiger partial charge in [-0.25, -0.2) is 4.79 Å². The Morgan fingerprint density at radius 2 is 2.18 bits per heavy atom. The first kappa shape index (κ1) is 18.6. The Labute approximate surface area is 163 Å². The predicted octanol–water partition coefficient (Wildman–Crippen LogP) is 2.54. The molecule has 0 radical (unpaired) electrons. The molecule has 4 rings (SSSR count). The van der Waals surface area contributed by atoms with Gasteiger partial charge in [-0.15, -0.1) is 10.2 Å². The van der Waals surface area contributed by atoms with Crippen molar-refractivity contribution in [2.75, 3.05) is 20.3 Å². The molecule has 8 nitrogen and oxygen atoms in total. The number of benzene rings is 1. The summed E-state index contributed by atoms with van der Waals surface area (Å²) in [5.74, 6) is 1.09. The monoisotopic (exact) mass is 383 g/mol. The number of nitrogens with one attached hydrogen (secondary N) is 1. The van der Waals surface area contributed by atoms with Crippen LogP contribution in [0, 0.1) is 5.92 Å². The molecule has 8 heteroatoms. The van der Waals surface area contributed by atoms with Crippen molar-refractivity contribution in [2.45, 2.75) is 38.6 Å². The van der Waals surface area contributed by atoms with E-state index < -0.39 is 0 Å². The molecule has 3 heterocycles. The molecule has 0 atom stereocenters. The molecule has 1 N–H and O–H groups in total. The van der Waals surface area contributed by atoms with Crippen LogP contribution < -0.4 is 0 Å². The standard InChI is InChI=1S/C20H25N5O3/c1-27-20(26)15-4-5-18-17(12-15)16(3-2-14-7-10-28-11-8-14)13-25(18)9-6-19-21-23-24-22-19/h4-5,12-14H,2-3,6-11H2,1H3,(H,21,22,23,24). The number of tetrazole rings is 1. The van der Waals surface area contributed by atoms with E-state index in [0.717, 1.165) is 56.3 Å². The van der Waals surface area contributed by atoms with Crippen LogP contribution in [0.4, 0.5) is 0 Å². The van der Waals surface area contributed by atoms with E-state index in [1.54, 1.807) is 0 Å². The van der Waals surface area contributed by atoms with E-state index in [4.69, 9.17) is 9.47 Å². The largest absolute Gasteiger partial charge is 0.465 e. The number of rotatable bonds is 7. The average molecular weight is 383 g/mol. The van der Waals surface area contributed by atoms with E-state index in [1.165, 1.54) is 12.7 Å². The summed E-state index contributed by atoms with van der Waals surface area (Å²) in [6, 6.07) is 5.77. The van der Waals surface area contributed by atoms with Crippen molar-refractivity contribution in [1.82, 2.24) is 25.2 Å². The van der Waals surface area contributed by atoms with Crippen LogP contribution >= 0.6 is 0 Å². The van der Waals surface area contributed by atoms with Crippen molar-refractivity contribution in [3.63, 3.8) is 0 Å². The normalized spacial score (nSPS) is 15.2. The van der Waals surface area contributed by atoms with Crippen molar-refractivity contribution in [3.8, 4) is 0 Å². The van der Waals surface area contributed by atoms with E-state index >= 15 is 0 Å². The molecule has 0 spiro atoms. The maximum atomic E-state index is 12.0. The van der Waals surface area contributed by atoms with Crippen LogP contribution in [-0.2, 0) is 28.9 Å². The zero-order valence-electron chi connectivity index (χ0n) is 16.1. The van der Waals surface area contributed by atoms with Gasteiger partial charge in [0.1, 0.15) is 0 Å². The molecular formula is C20H25N5O3. The first-order valence-electron chi connectivity index (χ1n) is 9.74. The highest BCUT2D eigenvalue weighted by atomic mass is 16.5. The summed E-state index contributed by atoms with van der Waals surface area (Å²) in [4.78, 5) is 12.0. The molecule has 0 saturated carbocycles. The van der Waals surface area contributed by atoms with Crippen molar-refractivity contribution >= 4 is 16.9 Å². The summed E-state index contributed by atoms with van der Waals surface area (Å²) >= 11 is 0. The van der Waals surface area contributed by atoms with Crippen LogP contribution in [0.2, 0.25) is 0 Å². The third-order valence-electron chi connectivity index (χ3n) is 5.51. The first-order valence-corrected chi connectivity index (χ1v) is 9.74. The Hall–Kier alpha value is -2.74. The summed E-state index contributed by atoms with van der Waals surface area (Å²) in [5, 5.41) is 15.3. The third-order valence-corrected chi connectivity index (χ3v) is 5.51. The number of hydrogen-bond acceptors (Lipinski definition) is 6. The highest BCUT2D eigenvalue weighted by Gasteiger charge is 2.17. The molecule has 0 aliphatic carbocycles. The minimum absolute atomic E-state index is 0.308. The molecule has 148 valence electrons. The van der Waals surface area contributed by atoms with Gasteiger partial charge in [-0.1, -0.05) is 5.21 Å². The van der Waals surface area contributed by atoms with Crippen LogP contribution in [0.5, 0.6) is 0 Å². The summed E-state index contributed by atoms with van der Waals surface area (Å²) in [5.41, 5.74) is 2.96. The SMILES string of the molecule is COC(=O)c1ccc2c(c1)c(CCC1CCOCC1)cn2CCc1nn[nH]n1. The fourth-order valence-electron chi connectivity index (χ4n) is 3.90. The number of ether oxygens (including phenoxy) is 2. The number of aromatic amines is 1. The van der Waals surface area contributed by atoms with Crippen LogP contribution in [0.15, 0.2) is 24.4 Å². The lowest BCUT2D eigenvalue weighted by Crippen LogP contribution is -2.16. The first-order chi connectivity index (χ1) is 13.7. The van der Waals surface area contributed by atoms with Gasteiger partial charge in [0.05, 0.1) is 12.7 Å². The van der Waals surface area contributed by atoms with Crippen LogP contribution in [0.3, 0.4) is 0 Å². The van der Waals surface area contributed by atoms with Crippen molar-refractivity contribution < 1.29 is 14.3 Å². The molecule has 1 aliphatic rings. The lowest BCUT2D eigenvalue weighted by molar-refractivity contribution is 0.0600. The van der Waals surface area contributed by atoms with Gasteiger partial charge in [0.25, 0.3) is 0 Å². The number of methoxy groups -OCH3 is 1. The molecule has 0 amide bonds. The van der Waals surface area contributed by atoms with E-state index in [1.807, 2.05) is 18.2 Å². The Bertz CT molecular complexity index is 929. The fraction of sp³-hybridized carbons (Fsp3) is 0.500. The van der Waals surface area contributed by atoms with Crippen LogP contribution in [0.25, 0.3) is 10.9 Å². The number of aromatic nitrogens is 5. The smallest absolute Gasteiger partial charge is 0.337 e. The van der Waals surface area contributed by atoms with Crippen LogP contribution in [-0.4, -0.2) is 51.5 Å². The number of carbonyl (C=O) groups excluding carboxylic acids is 1. The van der Waals surface area contributed by atoms with E-state index in [2.05, 4.69) is 31.4 Å². The van der Waals surface area contributed by atoms with Gasteiger partial charge in [0, 0.05) is 43.3 Å². The molecule has 2 aromatic heterocycles. The van der Waals surface area contributed by atoms with Gasteiger partial charge in [0.2, 0.25) is 0 Å². The Balaban J connectivity index is 1.59. The Morgan fingerprint density at radius 1 is 1.32 bits per heavy atom. The summed E-state index contributed by atoms with van der Waals surface area (Å²) < 4.78 is 12.6. The number of fused-ring (bicyclic) bond motifs is 1. The maximum Gasteiger partial charge on any atom is 0.337 e. The van der Waals surface area contributed by atoms with Crippen molar-refractivity contribution in [1.29, 1.82) is 0 Å². The molecule has 28 heavy (non-hydrogen) atoms. The highest BCUT2D eigenvalue weighted by Crippen LogP contribution is 2.28. The van der Waals surface area contributed by atoms with Crippen molar-refractivity contribution in [2.24, 2.45) is 5.92 Å². The quantitative estimate of drug-likeness (QED) is 0.630. The molecule has 1 aliphatic heterocycles. The molecule has 3 aromatic rings. The number of hydrogen-bond donors (Lipinski definition) is 1. The highest BCUT2D eigenvalue weighted by molar-refractivity contribution is 5.95.